The Hall–Kier alpha value is -1.92. The summed E-state index contributed by atoms with van der Waals surface area (Å²) in [6.07, 6.45) is 14.7. The van der Waals surface area contributed by atoms with Crippen LogP contribution in [0, 0.1) is 23.2 Å². The molecule has 0 amide bonds. The fourth-order valence-corrected chi connectivity index (χ4v) is 6.61. The minimum atomic E-state index is -1.03. The zero-order valence-electron chi connectivity index (χ0n) is 20.0. The maximum atomic E-state index is 10.9. The van der Waals surface area contributed by atoms with Gasteiger partial charge in [0.25, 0.3) is 0 Å². The van der Waals surface area contributed by atoms with Crippen molar-refractivity contribution in [2.24, 2.45) is 23.2 Å². The van der Waals surface area contributed by atoms with E-state index in [9.17, 15) is 4.79 Å². The predicted molar refractivity (Wildman–Crippen MR) is 126 cm³/mol. The van der Waals surface area contributed by atoms with Crippen LogP contribution in [0.15, 0.2) is 30.5 Å². The second-order valence-electron chi connectivity index (χ2n) is 10.3. The third-order valence-electron chi connectivity index (χ3n) is 8.43. The molecule has 33 heavy (non-hydrogen) atoms. The van der Waals surface area contributed by atoms with Crippen molar-refractivity contribution in [2.75, 3.05) is 20.0 Å². The number of hydrogen-bond acceptors (Lipinski definition) is 5. The van der Waals surface area contributed by atoms with Gasteiger partial charge in [-0.25, -0.2) is 9.78 Å². The zero-order valence-corrected chi connectivity index (χ0v) is 20.0. The molecule has 0 bridgehead atoms. The molecule has 1 saturated heterocycles. The van der Waals surface area contributed by atoms with Gasteiger partial charge >= 0.3 is 5.97 Å². The number of aromatic nitrogens is 1. The summed E-state index contributed by atoms with van der Waals surface area (Å²) in [6.45, 7) is 8.63. The van der Waals surface area contributed by atoms with Crippen LogP contribution in [-0.4, -0.2) is 42.2 Å². The summed E-state index contributed by atoms with van der Waals surface area (Å²) in [5.41, 5.74) is 1.56. The topological polar surface area (TPSA) is 77.9 Å². The Balaban J connectivity index is 0.000000459. The summed E-state index contributed by atoms with van der Waals surface area (Å²) in [5, 5.41) is 8.94. The summed E-state index contributed by atoms with van der Waals surface area (Å²) in [4.78, 5) is 14.8. The normalized spacial score (nSPS) is 33.3. The van der Waals surface area contributed by atoms with Crippen molar-refractivity contribution < 1.29 is 24.1 Å². The van der Waals surface area contributed by atoms with Gasteiger partial charge in [-0.3, -0.25) is 0 Å². The summed E-state index contributed by atoms with van der Waals surface area (Å²) >= 11 is 0. The molecule has 3 saturated carbocycles. The van der Waals surface area contributed by atoms with Crippen molar-refractivity contribution in [1.82, 2.24) is 4.98 Å². The van der Waals surface area contributed by atoms with E-state index in [-0.39, 0.29) is 11.1 Å². The van der Waals surface area contributed by atoms with Gasteiger partial charge in [0.2, 0.25) is 0 Å². The third-order valence-corrected chi connectivity index (χ3v) is 8.43. The molecule has 4 aliphatic rings. The first-order valence-corrected chi connectivity index (χ1v) is 12.7. The molecular formula is C27H39NO5. The molecule has 6 heteroatoms. The van der Waals surface area contributed by atoms with Gasteiger partial charge in [0, 0.05) is 5.92 Å². The van der Waals surface area contributed by atoms with Gasteiger partial charge in [-0.1, -0.05) is 51.2 Å². The van der Waals surface area contributed by atoms with Crippen LogP contribution in [0.1, 0.15) is 81.6 Å². The Morgan fingerprint density at radius 2 is 2.00 bits per heavy atom. The summed E-state index contributed by atoms with van der Waals surface area (Å²) in [7, 11) is 0. The largest absolute Gasteiger partial charge is 0.492 e. The molecule has 5 atom stereocenters. The van der Waals surface area contributed by atoms with Gasteiger partial charge in [-0.15, -0.1) is 0 Å². The number of ether oxygens (including phenoxy) is 3. The maximum absolute atomic E-state index is 10.9. The average molecular weight is 458 g/mol. The first-order chi connectivity index (χ1) is 16.0. The Bertz CT molecular complexity index is 798. The van der Waals surface area contributed by atoms with E-state index in [0.29, 0.717) is 43.0 Å². The van der Waals surface area contributed by atoms with Crippen LogP contribution in [-0.2, 0) is 9.47 Å². The highest BCUT2D eigenvalue weighted by Gasteiger charge is 2.53. The van der Waals surface area contributed by atoms with Crippen LogP contribution in [0.4, 0.5) is 0 Å². The second-order valence-corrected chi connectivity index (χ2v) is 10.3. The molecule has 1 aromatic rings. The van der Waals surface area contributed by atoms with Crippen molar-refractivity contribution in [3.63, 3.8) is 0 Å². The number of carboxylic acid groups (broad SMARTS) is 1. The zero-order chi connectivity index (χ0) is 23.3. The molecule has 1 N–H and O–H groups in total. The average Bonchev–Trinajstić information content (AvgIpc) is 3.41. The number of pyridine rings is 1. The van der Waals surface area contributed by atoms with E-state index in [1.807, 2.05) is 0 Å². The van der Waals surface area contributed by atoms with Crippen molar-refractivity contribution in [3.05, 3.63) is 36.2 Å². The summed E-state index contributed by atoms with van der Waals surface area (Å²) < 4.78 is 17.4. The van der Waals surface area contributed by atoms with Gasteiger partial charge < -0.3 is 19.3 Å². The lowest BCUT2D eigenvalue weighted by Gasteiger charge is -2.57. The van der Waals surface area contributed by atoms with E-state index in [2.05, 4.69) is 18.5 Å². The minimum Gasteiger partial charge on any atom is -0.492 e. The highest BCUT2D eigenvalue weighted by Crippen LogP contribution is 2.58. The number of hydrogen-bond donors (Lipinski definition) is 1. The highest BCUT2D eigenvalue weighted by atomic mass is 16.7. The lowest BCUT2D eigenvalue weighted by atomic mass is 9.50. The Morgan fingerprint density at radius 1 is 1.24 bits per heavy atom. The first kappa shape index (κ1) is 24.2. The smallest absolute Gasteiger partial charge is 0.354 e. The predicted octanol–water partition coefficient (Wildman–Crippen LogP) is 5.87. The summed E-state index contributed by atoms with van der Waals surface area (Å²) in [5.74, 6) is 1.07. The molecule has 1 aliphatic heterocycles. The fraction of sp³-hybridized carbons (Fsp3) is 0.704. The molecule has 0 aromatic carbocycles. The molecular weight excluding hydrogens is 418 g/mol. The molecule has 182 valence electrons. The van der Waals surface area contributed by atoms with E-state index in [1.54, 1.807) is 6.07 Å². The van der Waals surface area contributed by atoms with Gasteiger partial charge in [-0.05, 0) is 61.5 Å². The molecule has 3 aliphatic carbocycles. The first-order valence-electron chi connectivity index (χ1n) is 12.7. The van der Waals surface area contributed by atoms with Gasteiger partial charge in [-0.2, -0.15) is 0 Å². The number of carbonyl (C=O) groups is 1. The molecule has 4 fully saturated rings. The van der Waals surface area contributed by atoms with Crippen molar-refractivity contribution >= 4 is 5.97 Å². The number of fused-ring (bicyclic) bond motifs is 3. The van der Waals surface area contributed by atoms with Crippen LogP contribution in [0.25, 0.3) is 0 Å². The standard InChI is InChI=1S/C22H29NO5.C5H10/c1-14-3-5-18-16-12-26-13-28-20(16)7-9-22(18,2)17(14)8-10-27-15-4-6-19(21(24)25)23-11-15;1-2-4-5-3-1/h4,6,11,16-18,20H,1,3,5,7-10,12-13H2,2H3,(H,24,25);1-5H2. The van der Waals surface area contributed by atoms with E-state index < -0.39 is 5.97 Å². The van der Waals surface area contributed by atoms with Crippen LogP contribution in [0.2, 0.25) is 0 Å². The Kier molecular flexibility index (Phi) is 8.07. The maximum Gasteiger partial charge on any atom is 0.354 e. The lowest BCUT2D eigenvalue weighted by molar-refractivity contribution is -0.218. The van der Waals surface area contributed by atoms with E-state index in [1.165, 1.54) is 56.4 Å². The number of allylic oxidation sites excluding steroid dienone is 1. The molecule has 5 rings (SSSR count). The monoisotopic (exact) mass is 457 g/mol. The Labute approximate surface area is 197 Å². The van der Waals surface area contributed by atoms with Crippen LogP contribution < -0.4 is 4.74 Å². The Morgan fingerprint density at radius 3 is 2.67 bits per heavy atom. The van der Waals surface area contributed by atoms with E-state index in [4.69, 9.17) is 19.3 Å². The fourth-order valence-electron chi connectivity index (χ4n) is 6.61. The van der Waals surface area contributed by atoms with Crippen molar-refractivity contribution in [2.45, 2.75) is 77.2 Å². The van der Waals surface area contributed by atoms with Crippen LogP contribution >= 0.6 is 0 Å². The van der Waals surface area contributed by atoms with E-state index in [0.717, 1.165) is 32.3 Å². The van der Waals surface area contributed by atoms with Crippen LogP contribution in [0.3, 0.4) is 0 Å². The van der Waals surface area contributed by atoms with Gasteiger partial charge in [0.1, 0.15) is 18.2 Å². The molecule has 5 unspecified atom stereocenters. The molecule has 0 radical (unpaired) electrons. The minimum absolute atomic E-state index is 0.0250. The number of nitrogens with zero attached hydrogens (tertiary/aromatic N) is 1. The lowest BCUT2D eigenvalue weighted by Crippen LogP contribution is -2.54. The van der Waals surface area contributed by atoms with Crippen LogP contribution in [0.5, 0.6) is 5.75 Å². The highest BCUT2D eigenvalue weighted by molar-refractivity contribution is 5.85. The van der Waals surface area contributed by atoms with E-state index >= 15 is 0 Å². The SMILES string of the molecule is C1CCCC1.C=C1CCC2C3COCOC3CCC2(C)C1CCOc1ccc(C(=O)O)nc1. The molecule has 2 heterocycles. The summed E-state index contributed by atoms with van der Waals surface area (Å²) in [6, 6.07) is 3.14. The number of rotatable bonds is 5. The number of aromatic carboxylic acids is 1. The van der Waals surface area contributed by atoms with Gasteiger partial charge in [0.05, 0.1) is 25.5 Å². The molecule has 6 nitrogen and oxygen atoms in total. The van der Waals surface area contributed by atoms with Crippen molar-refractivity contribution in [1.29, 1.82) is 0 Å². The molecule has 1 aromatic heterocycles. The second kappa shape index (κ2) is 11.0. The number of carboxylic acids is 1. The van der Waals surface area contributed by atoms with Crippen molar-refractivity contribution in [3.8, 4) is 5.75 Å². The third kappa shape index (κ3) is 5.60. The molecule has 0 spiro atoms. The quantitative estimate of drug-likeness (QED) is 0.557. The van der Waals surface area contributed by atoms with Gasteiger partial charge in [0.15, 0.2) is 0 Å².